The average molecular weight is 334 g/mol. The zero-order chi connectivity index (χ0) is 17.0. The van der Waals surface area contributed by atoms with E-state index in [0.717, 1.165) is 0 Å². The fourth-order valence-corrected chi connectivity index (χ4v) is 1.84. The Morgan fingerprint density at radius 3 is 1.91 bits per heavy atom. The molecule has 0 aliphatic heterocycles. The molecular formula is C12H3F9O. The predicted molar refractivity (Wildman–Crippen MR) is 53.6 cm³/mol. The summed E-state index contributed by atoms with van der Waals surface area (Å²) in [4.78, 5) is 0. The quantitative estimate of drug-likeness (QED) is 0.466. The van der Waals surface area contributed by atoms with E-state index in [2.05, 4.69) is 0 Å². The minimum atomic E-state index is -5.30. The molecule has 2 rings (SSSR count). The van der Waals surface area contributed by atoms with E-state index >= 15 is 0 Å². The molecule has 0 spiro atoms. The van der Waals surface area contributed by atoms with Gasteiger partial charge in [0.25, 0.3) is 0 Å². The van der Waals surface area contributed by atoms with Crippen LogP contribution in [-0.4, -0.2) is 11.0 Å². The van der Waals surface area contributed by atoms with E-state index in [1.54, 1.807) is 0 Å². The van der Waals surface area contributed by atoms with Gasteiger partial charge in [0, 0.05) is 5.56 Å². The molecule has 0 bridgehead atoms. The number of aliphatic hydroxyl groups is 1. The molecule has 1 aliphatic carbocycles. The first-order valence-corrected chi connectivity index (χ1v) is 5.33. The fourth-order valence-electron chi connectivity index (χ4n) is 1.84. The molecular weight excluding hydrogens is 331 g/mol. The van der Waals surface area contributed by atoms with E-state index in [1.807, 2.05) is 0 Å². The first-order chi connectivity index (χ1) is 9.95. The van der Waals surface area contributed by atoms with Gasteiger partial charge in [-0.15, -0.1) is 0 Å². The molecule has 1 atom stereocenters. The van der Waals surface area contributed by atoms with E-state index in [9.17, 15) is 44.6 Å². The van der Waals surface area contributed by atoms with Crippen LogP contribution in [0.2, 0.25) is 0 Å². The van der Waals surface area contributed by atoms with Crippen molar-refractivity contribution in [2.45, 2.75) is 11.5 Å². The van der Waals surface area contributed by atoms with Crippen LogP contribution in [0.3, 0.4) is 0 Å². The molecule has 120 valence electrons. The third kappa shape index (κ3) is 1.93. The summed E-state index contributed by atoms with van der Waals surface area (Å²) in [6, 6.07) is -0.415. The maximum absolute atomic E-state index is 13.7. The first-order valence-electron chi connectivity index (χ1n) is 5.33. The summed E-state index contributed by atoms with van der Waals surface area (Å²) in [7, 11) is 0. The molecule has 0 amide bonds. The lowest BCUT2D eigenvalue weighted by Gasteiger charge is -2.35. The third-order valence-corrected chi connectivity index (χ3v) is 3.01. The van der Waals surface area contributed by atoms with Crippen LogP contribution < -0.4 is 0 Å². The summed E-state index contributed by atoms with van der Waals surface area (Å²) in [6.45, 7) is 0. The Balaban J connectivity index is 2.82. The number of alkyl halides is 2. The van der Waals surface area contributed by atoms with Crippen molar-refractivity contribution in [1.29, 1.82) is 0 Å². The van der Waals surface area contributed by atoms with Crippen LogP contribution in [-0.2, 0) is 5.60 Å². The standard InChI is InChI=1S/C12H3F9O/c13-4-1-3(6(15)9(18)7(4)16)11(22)2-5(14)8(17)10(19)12(11,20)21/h1-2,22H. The molecule has 0 fully saturated rings. The highest BCUT2D eigenvalue weighted by molar-refractivity contribution is 5.44. The smallest absolute Gasteiger partial charge is 0.337 e. The Labute approximate surface area is 116 Å². The van der Waals surface area contributed by atoms with E-state index in [4.69, 9.17) is 0 Å². The van der Waals surface area contributed by atoms with Crippen LogP contribution >= 0.6 is 0 Å². The van der Waals surface area contributed by atoms with Gasteiger partial charge in [-0.2, -0.15) is 8.78 Å². The van der Waals surface area contributed by atoms with Crippen molar-refractivity contribution in [3.05, 3.63) is 58.5 Å². The largest absolute Gasteiger partial charge is 0.374 e. The Morgan fingerprint density at radius 2 is 1.36 bits per heavy atom. The van der Waals surface area contributed by atoms with Crippen LogP contribution in [0.4, 0.5) is 39.5 Å². The second kappa shape index (κ2) is 4.77. The van der Waals surface area contributed by atoms with Gasteiger partial charge >= 0.3 is 5.92 Å². The maximum Gasteiger partial charge on any atom is 0.337 e. The van der Waals surface area contributed by atoms with Gasteiger partial charge in [0.05, 0.1) is 0 Å². The molecule has 1 nitrogen and oxygen atoms in total. The van der Waals surface area contributed by atoms with Crippen molar-refractivity contribution < 1.29 is 44.6 Å². The number of hydrogen-bond acceptors (Lipinski definition) is 1. The van der Waals surface area contributed by atoms with Gasteiger partial charge in [-0.05, 0) is 12.1 Å². The monoisotopic (exact) mass is 334 g/mol. The summed E-state index contributed by atoms with van der Waals surface area (Å²) in [6.07, 6.45) is -0.666. The van der Waals surface area contributed by atoms with Gasteiger partial charge in [-0.3, -0.25) is 0 Å². The molecule has 22 heavy (non-hydrogen) atoms. The number of hydrogen-bond donors (Lipinski definition) is 1. The molecule has 0 saturated carbocycles. The van der Waals surface area contributed by atoms with Gasteiger partial charge in [-0.25, -0.2) is 30.7 Å². The normalized spacial score (nSPS) is 24.5. The zero-order valence-electron chi connectivity index (χ0n) is 10.0. The highest BCUT2D eigenvalue weighted by atomic mass is 19.3. The van der Waals surface area contributed by atoms with Gasteiger partial charge in [-0.1, -0.05) is 0 Å². The molecule has 1 aromatic carbocycles. The predicted octanol–water partition coefficient (Wildman–Crippen LogP) is 4.08. The molecule has 1 N–H and O–H groups in total. The van der Waals surface area contributed by atoms with Crippen LogP contribution in [0.15, 0.2) is 29.6 Å². The molecule has 0 aromatic heterocycles. The summed E-state index contributed by atoms with van der Waals surface area (Å²) < 4.78 is 119. The second-order valence-electron chi connectivity index (χ2n) is 4.31. The Kier molecular flexibility index (Phi) is 3.55. The van der Waals surface area contributed by atoms with Crippen molar-refractivity contribution in [1.82, 2.24) is 0 Å². The lowest BCUT2D eigenvalue weighted by atomic mass is 9.82. The van der Waals surface area contributed by atoms with E-state index in [-0.39, 0.29) is 0 Å². The van der Waals surface area contributed by atoms with Crippen LogP contribution in [0.25, 0.3) is 0 Å². The number of rotatable bonds is 1. The lowest BCUT2D eigenvalue weighted by Crippen LogP contribution is -2.47. The molecule has 0 radical (unpaired) electrons. The number of halogens is 9. The zero-order valence-corrected chi connectivity index (χ0v) is 10.0. The van der Waals surface area contributed by atoms with Gasteiger partial charge in [0.2, 0.25) is 5.83 Å². The molecule has 10 heteroatoms. The van der Waals surface area contributed by atoms with Crippen molar-refractivity contribution in [2.75, 3.05) is 0 Å². The van der Waals surface area contributed by atoms with Crippen molar-refractivity contribution >= 4 is 0 Å². The van der Waals surface area contributed by atoms with E-state index < -0.39 is 70.0 Å². The average Bonchev–Trinajstić information content (AvgIpc) is 2.45. The minimum Gasteiger partial charge on any atom is -0.374 e. The molecule has 0 heterocycles. The van der Waals surface area contributed by atoms with E-state index in [0.29, 0.717) is 0 Å². The van der Waals surface area contributed by atoms with Crippen LogP contribution in [0.5, 0.6) is 0 Å². The van der Waals surface area contributed by atoms with Gasteiger partial charge < -0.3 is 5.11 Å². The highest BCUT2D eigenvalue weighted by Gasteiger charge is 2.62. The Hall–Kier alpha value is -1.97. The first kappa shape index (κ1) is 16.4. The SMILES string of the molecule is OC1(c2cc(F)c(F)c(F)c2F)C=C(F)C(F)=C(F)C1(F)F. The highest BCUT2D eigenvalue weighted by Crippen LogP contribution is 2.51. The van der Waals surface area contributed by atoms with Crippen molar-refractivity contribution in [3.8, 4) is 0 Å². The lowest BCUT2D eigenvalue weighted by molar-refractivity contribution is -0.152. The molecule has 1 unspecified atom stereocenters. The maximum atomic E-state index is 13.7. The van der Waals surface area contributed by atoms with Gasteiger partial charge in [0.1, 0.15) is 0 Å². The summed E-state index contributed by atoms with van der Waals surface area (Å²) in [5, 5.41) is 9.65. The molecule has 1 aliphatic rings. The fraction of sp³-hybridized carbons (Fsp3) is 0.167. The summed E-state index contributed by atoms with van der Waals surface area (Å²) in [5.41, 5.74) is -6.32. The molecule has 1 aromatic rings. The second-order valence-corrected chi connectivity index (χ2v) is 4.31. The summed E-state index contributed by atoms with van der Waals surface area (Å²) >= 11 is 0. The van der Waals surface area contributed by atoms with Crippen LogP contribution in [0.1, 0.15) is 5.56 Å². The number of allylic oxidation sites excluding steroid dienone is 2. The third-order valence-electron chi connectivity index (χ3n) is 3.01. The minimum absolute atomic E-state index is 0.415. The van der Waals surface area contributed by atoms with E-state index in [1.165, 1.54) is 0 Å². The Morgan fingerprint density at radius 1 is 0.818 bits per heavy atom. The Bertz CT molecular complexity index is 722. The van der Waals surface area contributed by atoms with Crippen molar-refractivity contribution in [2.24, 2.45) is 0 Å². The van der Waals surface area contributed by atoms with Crippen LogP contribution in [0, 0.1) is 23.3 Å². The molecule has 0 saturated heterocycles. The summed E-state index contributed by atoms with van der Waals surface area (Å²) in [5.74, 6) is -23.1. The number of benzene rings is 1. The van der Waals surface area contributed by atoms with Crippen molar-refractivity contribution in [3.63, 3.8) is 0 Å². The van der Waals surface area contributed by atoms with Gasteiger partial charge in [0.15, 0.2) is 40.5 Å². The topological polar surface area (TPSA) is 20.2 Å².